The number of aliphatic hydroxyl groups excluding tert-OH is 1. The standard InChI is InChI=1S/C22H24F3NO4S.ClH/c1-12-10-16-19(31-12)9-2-13(20(16)27)11-26-17-7-8-18(21(17)28)29-14-3-5-15(6-4-14)30-22(23,24)25;/h3-6,10,13,17-18,21,26,28H,2,7-9,11H2,1H3;1H. The minimum absolute atomic E-state index is 0. The molecule has 4 unspecified atom stereocenters. The number of carbonyl (C=O) groups excluding carboxylic acids is 1. The first-order valence-corrected chi connectivity index (χ1v) is 11.1. The van der Waals surface area contributed by atoms with Crippen LogP contribution in [-0.2, 0) is 6.42 Å². The van der Waals surface area contributed by atoms with Crippen LogP contribution in [0.3, 0.4) is 0 Å². The van der Waals surface area contributed by atoms with Gasteiger partial charge in [-0.1, -0.05) is 0 Å². The second-order valence-corrected chi connectivity index (χ2v) is 9.39. The molecular formula is C22H25ClF3NO4S. The van der Waals surface area contributed by atoms with Gasteiger partial charge in [0.15, 0.2) is 5.78 Å². The number of fused-ring (bicyclic) bond motifs is 1. The van der Waals surface area contributed by atoms with Gasteiger partial charge in [0.2, 0.25) is 0 Å². The van der Waals surface area contributed by atoms with E-state index in [1.807, 2.05) is 13.0 Å². The molecular weight excluding hydrogens is 467 g/mol. The first-order valence-electron chi connectivity index (χ1n) is 10.3. The Balaban J connectivity index is 0.00000289. The lowest BCUT2D eigenvalue weighted by Crippen LogP contribution is -2.44. The molecule has 5 nitrogen and oxygen atoms in total. The number of alkyl halides is 3. The average Bonchev–Trinajstić information content (AvgIpc) is 3.25. The monoisotopic (exact) mass is 491 g/mol. The van der Waals surface area contributed by atoms with Crippen LogP contribution in [0.25, 0.3) is 0 Å². The molecule has 0 amide bonds. The molecule has 1 fully saturated rings. The summed E-state index contributed by atoms with van der Waals surface area (Å²) in [6.45, 7) is 2.51. The van der Waals surface area contributed by atoms with Gasteiger partial charge in [0.25, 0.3) is 0 Å². The highest BCUT2D eigenvalue weighted by Crippen LogP contribution is 2.33. The number of ether oxygens (including phenoxy) is 2. The van der Waals surface area contributed by atoms with Crippen LogP contribution in [0.1, 0.15) is 39.4 Å². The molecule has 32 heavy (non-hydrogen) atoms. The van der Waals surface area contributed by atoms with Crippen molar-refractivity contribution < 1.29 is 32.5 Å². The van der Waals surface area contributed by atoms with Crippen LogP contribution < -0.4 is 14.8 Å². The smallest absolute Gasteiger partial charge is 0.488 e. The Morgan fingerprint density at radius 3 is 2.53 bits per heavy atom. The molecule has 1 aromatic carbocycles. The molecule has 4 atom stereocenters. The number of nitrogens with one attached hydrogen (secondary N) is 1. The van der Waals surface area contributed by atoms with Gasteiger partial charge in [0, 0.05) is 33.8 Å². The first-order chi connectivity index (χ1) is 14.7. The van der Waals surface area contributed by atoms with E-state index in [0.29, 0.717) is 25.1 Å². The lowest BCUT2D eigenvalue weighted by atomic mass is 9.87. The molecule has 0 saturated heterocycles. The van der Waals surface area contributed by atoms with Crippen LogP contribution in [0, 0.1) is 12.8 Å². The van der Waals surface area contributed by atoms with Gasteiger partial charge in [0.05, 0.1) is 0 Å². The van der Waals surface area contributed by atoms with E-state index in [1.165, 1.54) is 29.1 Å². The van der Waals surface area contributed by atoms with Gasteiger partial charge in [-0.3, -0.25) is 4.79 Å². The van der Waals surface area contributed by atoms with Crippen molar-refractivity contribution in [2.24, 2.45) is 5.92 Å². The highest BCUT2D eigenvalue weighted by Gasteiger charge is 2.37. The van der Waals surface area contributed by atoms with Gasteiger partial charge >= 0.3 is 6.36 Å². The Bertz CT molecular complexity index is 934. The van der Waals surface area contributed by atoms with E-state index in [1.54, 1.807) is 11.3 Å². The van der Waals surface area contributed by atoms with Gasteiger partial charge < -0.3 is 19.9 Å². The van der Waals surface area contributed by atoms with Crippen molar-refractivity contribution >= 4 is 29.5 Å². The van der Waals surface area contributed by atoms with Gasteiger partial charge in [-0.2, -0.15) is 0 Å². The zero-order chi connectivity index (χ0) is 22.2. The fourth-order valence-corrected chi connectivity index (χ4v) is 5.35. The van der Waals surface area contributed by atoms with Crippen molar-refractivity contribution in [2.75, 3.05) is 6.54 Å². The van der Waals surface area contributed by atoms with Gasteiger partial charge in [-0.15, -0.1) is 36.9 Å². The maximum Gasteiger partial charge on any atom is 0.573 e. The molecule has 0 radical (unpaired) electrons. The molecule has 0 aliphatic heterocycles. The predicted molar refractivity (Wildman–Crippen MR) is 117 cm³/mol. The van der Waals surface area contributed by atoms with Crippen LogP contribution in [0.5, 0.6) is 11.5 Å². The molecule has 2 aromatic rings. The highest BCUT2D eigenvalue weighted by molar-refractivity contribution is 7.12. The number of ketones is 1. The van der Waals surface area contributed by atoms with Crippen LogP contribution in [-0.4, -0.2) is 42.0 Å². The maximum absolute atomic E-state index is 12.7. The van der Waals surface area contributed by atoms with Crippen molar-refractivity contribution in [3.05, 3.63) is 45.6 Å². The molecule has 2 N–H and O–H groups in total. The van der Waals surface area contributed by atoms with Crippen LogP contribution in [0.15, 0.2) is 30.3 Å². The summed E-state index contributed by atoms with van der Waals surface area (Å²) < 4.78 is 46.4. The summed E-state index contributed by atoms with van der Waals surface area (Å²) in [5.41, 5.74) is 0.840. The Hall–Kier alpha value is -1.81. The fraction of sp³-hybridized carbons (Fsp3) is 0.500. The summed E-state index contributed by atoms with van der Waals surface area (Å²) in [5, 5.41) is 14.0. The topological polar surface area (TPSA) is 67.8 Å². The van der Waals surface area contributed by atoms with Crippen molar-refractivity contribution in [3.8, 4) is 11.5 Å². The number of rotatable bonds is 6. The largest absolute Gasteiger partial charge is 0.573 e. The summed E-state index contributed by atoms with van der Waals surface area (Å²) in [6.07, 6.45) is -3.00. The van der Waals surface area contributed by atoms with Crippen molar-refractivity contribution in [1.82, 2.24) is 5.32 Å². The zero-order valence-corrected chi connectivity index (χ0v) is 19.0. The first kappa shape index (κ1) is 24.8. The SMILES string of the molecule is Cc1cc2c(s1)CCC(CNC1CCC(Oc3ccc(OC(F)(F)F)cc3)C1O)C2=O.Cl. The van der Waals surface area contributed by atoms with E-state index < -0.39 is 18.6 Å². The van der Waals surface area contributed by atoms with Crippen LogP contribution in [0.2, 0.25) is 0 Å². The molecule has 10 heteroatoms. The average molecular weight is 492 g/mol. The molecule has 1 saturated carbocycles. The molecule has 2 aliphatic carbocycles. The number of aliphatic hydroxyl groups is 1. The predicted octanol–water partition coefficient (Wildman–Crippen LogP) is 4.68. The number of hydrogen-bond donors (Lipinski definition) is 2. The Morgan fingerprint density at radius 2 is 1.84 bits per heavy atom. The number of benzene rings is 1. The molecule has 176 valence electrons. The van der Waals surface area contributed by atoms with Gasteiger partial charge in [0.1, 0.15) is 23.7 Å². The third-order valence-electron chi connectivity index (χ3n) is 5.81. The quantitative estimate of drug-likeness (QED) is 0.614. The minimum atomic E-state index is -4.74. The van der Waals surface area contributed by atoms with E-state index in [9.17, 15) is 23.1 Å². The molecule has 4 rings (SSSR count). The number of thiophene rings is 1. The van der Waals surface area contributed by atoms with Crippen LogP contribution in [0.4, 0.5) is 13.2 Å². The summed E-state index contributed by atoms with van der Waals surface area (Å²) in [7, 11) is 0. The van der Waals surface area contributed by atoms with E-state index >= 15 is 0 Å². The normalized spacial score (nSPS) is 25.2. The fourth-order valence-electron chi connectivity index (χ4n) is 4.29. The van der Waals surface area contributed by atoms with E-state index in [0.717, 1.165) is 23.3 Å². The number of hydrogen-bond acceptors (Lipinski definition) is 6. The Morgan fingerprint density at radius 1 is 1.16 bits per heavy atom. The second-order valence-electron chi connectivity index (χ2n) is 8.05. The summed E-state index contributed by atoms with van der Waals surface area (Å²) in [5.74, 6) is 0.101. The lowest BCUT2D eigenvalue weighted by molar-refractivity contribution is -0.274. The Kier molecular flexibility index (Phi) is 7.75. The molecule has 2 aliphatic rings. The van der Waals surface area contributed by atoms with Gasteiger partial charge in [-0.05, 0) is 62.9 Å². The highest BCUT2D eigenvalue weighted by atomic mass is 35.5. The number of aryl methyl sites for hydroxylation is 2. The number of carbonyl (C=O) groups is 1. The maximum atomic E-state index is 12.7. The summed E-state index contributed by atoms with van der Waals surface area (Å²) in [4.78, 5) is 15.1. The van der Waals surface area contributed by atoms with E-state index in [-0.39, 0.29) is 35.9 Å². The Labute approximate surface area is 194 Å². The number of halogens is 4. The van der Waals surface area contributed by atoms with E-state index in [2.05, 4.69) is 10.1 Å². The summed E-state index contributed by atoms with van der Waals surface area (Å²) >= 11 is 1.68. The van der Waals surface area contributed by atoms with Crippen LogP contribution >= 0.6 is 23.7 Å². The third kappa shape index (κ3) is 5.75. The second kappa shape index (κ2) is 9.99. The van der Waals surface area contributed by atoms with Crippen molar-refractivity contribution in [1.29, 1.82) is 0 Å². The molecule has 1 aromatic heterocycles. The zero-order valence-electron chi connectivity index (χ0n) is 17.4. The van der Waals surface area contributed by atoms with Gasteiger partial charge in [-0.25, -0.2) is 0 Å². The molecule has 0 spiro atoms. The number of Topliss-reactive ketones (excluding diaryl/α,β-unsaturated/α-hetero) is 1. The molecule has 1 heterocycles. The summed E-state index contributed by atoms with van der Waals surface area (Å²) in [6, 6.07) is 6.89. The molecule has 0 bridgehead atoms. The third-order valence-corrected chi connectivity index (χ3v) is 6.93. The van der Waals surface area contributed by atoms with Crippen molar-refractivity contribution in [2.45, 2.75) is 57.2 Å². The minimum Gasteiger partial charge on any atom is -0.488 e. The van der Waals surface area contributed by atoms with Crippen molar-refractivity contribution in [3.63, 3.8) is 0 Å². The lowest BCUT2D eigenvalue weighted by Gasteiger charge is -2.25. The van der Waals surface area contributed by atoms with E-state index in [4.69, 9.17) is 4.74 Å².